The number of rotatable bonds is 5. The van der Waals surface area contributed by atoms with Crippen molar-refractivity contribution in [3.05, 3.63) is 17.6 Å². The van der Waals surface area contributed by atoms with Gasteiger partial charge in [0.25, 0.3) is 0 Å². The van der Waals surface area contributed by atoms with Crippen LogP contribution in [0, 0.1) is 0 Å². The van der Waals surface area contributed by atoms with Crippen LogP contribution in [0.25, 0.3) is 0 Å². The third kappa shape index (κ3) is 3.24. The standard InChI is InChI=1S/C15H25N3O/c1-3-8-12-11-13(16)18-14(17-12)15(19-4-2)9-6-5-7-10-15/h11H,3-10H2,1-2H3,(H2,16,17,18). The van der Waals surface area contributed by atoms with Gasteiger partial charge in [0, 0.05) is 18.4 Å². The highest BCUT2D eigenvalue weighted by molar-refractivity contribution is 5.31. The number of anilines is 1. The Bertz CT molecular complexity index is 408. The summed E-state index contributed by atoms with van der Waals surface area (Å²) < 4.78 is 6.06. The highest BCUT2D eigenvalue weighted by Gasteiger charge is 2.37. The third-order valence-corrected chi connectivity index (χ3v) is 3.79. The Hall–Kier alpha value is -1.16. The number of hydrogen-bond acceptors (Lipinski definition) is 4. The fourth-order valence-electron chi connectivity index (χ4n) is 2.94. The average Bonchev–Trinajstić information content (AvgIpc) is 2.40. The van der Waals surface area contributed by atoms with Crippen LogP contribution in [0.3, 0.4) is 0 Å². The minimum Gasteiger partial charge on any atom is -0.384 e. The summed E-state index contributed by atoms with van der Waals surface area (Å²) in [6.45, 7) is 4.88. The molecule has 2 N–H and O–H groups in total. The molecule has 0 radical (unpaired) electrons. The molecule has 1 saturated carbocycles. The zero-order valence-electron chi connectivity index (χ0n) is 12.1. The van der Waals surface area contributed by atoms with Gasteiger partial charge in [0.1, 0.15) is 11.4 Å². The van der Waals surface area contributed by atoms with Crippen LogP contribution in [-0.2, 0) is 16.8 Å². The monoisotopic (exact) mass is 263 g/mol. The second kappa shape index (κ2) is 6.33. The van der Waals surface area contributed by atoms with Crippen LogP contribution in [-0.4, -0.2) is 16.6 Å². The molecule has 0 unspecified atom stereocenters. The molecule has 0 aliphatic heterocycles. The Morgan fingerprint density at radius 2 is 1.95 bits per heavy atom. The number of aryl methyl sites for hydroxylation is 1. The van der Waals surface area contributed by atoms with Gasteiger partial charge in [0.2, 0.25) is 0 Å². The second-order valence-electron chi connectivity index (χ2n) is 5.35. The maximum absolute atomic E-state index is 6.06. The Morgan fingerprint density at radius 1 is 1.21 bits per heavy atom. The molecular weight excluding hydrogens is 238 g/mol. The number of nitrogens with two attached hydrogens (primary N) is 1. The molecule has 1 aromatic heterocycles. The van der Waals surface area contributed by atoms with Gasteiger partial charge in [0.05, 0.1) is 0 Å². The van der Waals surface area contributed by atoms with Crippen LogP contribution < -0.4 is 5.73 Å². The van der Waals surface area contributed by atoms with Gasteiger partial charge in [-0.25, -0.2) is 9.97 Å². The molecule has 1 fully saturated rings. The first-order valence-corrected chi connectivity index (χ1v) is 7.48. The summed E-state index contributed by atoms with van der Waals surface area (Å²) in [5.41, 5.74) is 6.68. The van der Waals surface area contributed by atoms with Crippen LogP contribution in [0.2, 0.25) is 0 Å². The minimum absolute atomic E-state index is 0.301. The normalized spacial score (nSPS) is 18.4. The van der Waals surface area contributed by atoms with E-state index >= 15 is 0 Å². The topological polar surface area (TPSA) is 61.0 Å². The maximum Gasteiger partial charge on any atom is 0.162 e. The van der Waals surface area contributed by atoms with E-state index in [-0.39, 0.29) is 5.60 Å². The molecule has 19 heavy (non-hydrogen) atoms. The minimum atomic E-state index is -0.301. The molecule has 1 aromatic rings. The molecular formula is C15H25N3O. The number of hydrogen-bond donors (Lipinski definition) is 1. The highest BCUT2D eigenvalue weighted by atomic mass is 16.5. The van der Waals surface area contributed by atoms with E-state index in [0.717, 1.165) is 37.2 Å². The summed E-state index contributed by atoms with van der Waals surface area (Å²) in [5.74, 6) is 1.37. The van der Waals surface area contributed by atoms with E-state index in [9.17, 15) is 0 Å². The van der Waals surface area contributed by atoms with Gasteiger partial charge < -0.3 is 10.5 Å². The van der Waals surface area contributed by atoms with E-state index in [2.05, 4.69) is 11.9 Å². The summed E-state index contributed by atoms with van der Waals surface area (Å²) in [7, 11) is 0. The van der Waals surface area contributed by atoms with E-state index in [4.69, 9.17) is 15.5 Å². The zero-order valence-corrected chi connectivity index (χ0v) is 12.1. The van der Waals surface area contributed by atoms with Crippen molar-refractivity contribution >= 4 is 5.82 Å². The van der Waals surface area contributed by atoms with E-state index in [0.29, 0.717) is 12.4 Å². The molecule has 0 spiro atoms. The van der Waals surface area contributed by atoms with Crippen molar-refractivity contribution in [2.24, 2.45) is 0 Å². The number of aromatic nitrogens is 2. The predicted molar refractivity (Wildman–Crippen MR) is 76.8 cm³/mol. The lowest BCUT2D eigenvalue weighted by Gasteiger charge is -2.35. The maximum atomic E-state index is 6.06. The largest absolute Gasteiger partial charge is 0.384 e. The van der Waals surface area contributed by atoms with Crippen LogP contribution >= 0.6 is 0 Å². The van der Waals surface area contributed by atoms with Crippen LogP contribution in [0.1, 0.15) is 63.9 Å². The number of nitrogens with zero attached hydrogens (tertiary/aromatic N) is 2. The summed E-state index contributed by atoms with van der Waals surface area (Å²) >= 11 is 0. The van der Waals surface area contributed by atoms with E-state index < -0.39 is 0 Å². The molecule has 1 aliphatic carbocycles. The van der Waals surface area contributed by atoms with Gasteiger partial charge in [-0.05, 0) is 26.2 Å². The van der Waals surface area contributed by atoms with Crippen molar-refractivity contribution in [1.29, 1.82) is 0 Å². The van der Waals surface area contributed by atoms with E-state index in [1.165, 1.54) is 19.3 Å². The smallest absolute Gasteiger partial charge is 0.162 e. The first-order valence-electron chi connectivity index (χ1n) is 7.48. The van der Waals surface area contributed by atoms with Crippen molar-refractivity contribution in [2.75, 3.05) is 12.3 Å². The second-order valence-corrected chi connectivity index (χ2v) is 5.35. The fourth-order valence-corrected chi connectivity index (χ4v) is 2.94. The summed E-state index contributed by atoms with van der Waals surface area (Å²) in [4.78, 5) is 9.19. The van der Waals surface area contributed by atoms with Crippen molar-refractivity contribution in [3.63, 3.8) is 0 Å². The van der Waals surface area contributed by atoms with Crippen LogP contribution in [0.4, 0.5) is 5.82 Å². The number of nitrogen functional groups attached to an aromatic ring is 1. The molecule has 0 atom stereocenters. The zero-order chi connectivity index (χ0) is 13.7. The molecule has 1 heterocycles. The Morgan fingerprint density at radius 3 is 2.58 bits per heavy atom. The summed E-state index contributed by atoms with van der Waals surface area (Å²) in [6.07, 6.45) is 7.67. The predicted octanol–water partition coefficient (Wildman–Crippen LogP) is 3.21. The van der Waals surface area contributed by atoms with Gasteiger partial charge in [-0.1, -0.05) is 32.6 Å². The van der Waals surface area contributed by atoms with E-state index in [1.54, 1.807) is 0 Å². The Kier molecular flexibility index (Phi) is 4.75. The number of ether oxygens (including phenoxy) is 1. The molecule has 106 valence electrons. The molecule has 0 bridgehead atoms. The Labute approximate surface area is 115 Å². The lowest BCUT2D eigenvalue weighted by Crippen LogP contribution is -2.35. The van der Waals surface area contributed by atoms with Gasteiger partial charge in [-0.3, -0.25) is 0 Å². The molecule has 0 amide bonds. The lowest BCUT2D eigenvalue weighted by atomic mass is 9.83. The van der Waals surface area contributed by atoms with Gasteiger partial charge >= 0.3 is 0 Å². The average molecular weight is 263 g/mol. The molecule has 4 nitrogen and oxygen atoms in total. The Balaban J connectivity index is 2.34. The van der Waals surface area contributed by atoms with Crippen molar-refractivity contribution in [3.8, 4) is 0 Å². The molecule has 2 rings (SSSR count). The SMILES string of the molecule is CCCc1cc(N)nc(C2(OCC)CCCCC2)n1. The molecule has 4 heteroatoms. The van der Waals surface area contributed by atoms with Crippen molar-refractivity contribution in [2.45, 2.75) is 64.4 Å². The molecule has 1 aliphatic rings. The molecule has 0 aromatic carbocycles. The first kappa shape index (κ1) is 14.3. The van der Waals surface area contributed by atoms with Gasteiger partial charge in [-0.2, -0.15) is 0 Å². The van der Waals surface area contributed by atoms with Gasteiger partial charge in [0.15, 0.2) is 5.82 Å². The summed E-state index contributed by atoms with van der Waals surface area (Å²) in [6, 6.07) is 1.88. The lowest BCUT2D eigenvalue weighted by molar-refractivity contribution is -0.0767. The quantitative estimate of drug-likeness (QED) is 0.886. The fraction of sp³-hybridized carbons (Fsp3) is 0.733. The van der Waals surface area contributed by atoms with Gasteiger partial charge in [-0.15, -0.1) is 0 Å². The highest BCUT2D eigenvalue weighted by Crippen LogP contribution is 2.39. The first-order chi connectivity index (χ1) is 9.20. The van der Waals surface area contributed by atoms with Crippen molar-refractivity contribution in [1.82, 2.24) is 9.97 Å². The summed E-state index contributed by atoms with van der Waals surface area (Å²) in [5, 5.41) is 0. The van der Waals surface area contributed by atoms with Crippen LogP contribution in [0.15, 0.2) is 6.07 Å². The van der Waals surface area contributed by atoms with E-state index in [1.807, 2.05) is 13.0 Å². The van der Waals surface area contributed by atoms with Crippen LogP contribution in [0.5, 0.6) is 0 Å². The van der Waals surface area contributed by atoms with Crippen molar-refractivity contribution < 1.29 is 4.74 Å². The molecule has 0 saturated heterocycles. The third-order valence-electron chi connectivity index (χ3n) is 3.79.